The van der Waals surface area contributed by atoms with Gasteiger partial charge in [-0.3, -0.25) is 48.3 Å². The van der Waals surface area contributed by atoms with Crippen molar-refractivity contribution in [3.63, 3.8) is 0 Å². The van der Waals surface area contributed by atoms with Gasteiger partial charge in [-0.25, -0.2) is 4.79 Å². The van der Waals surface area contributed by atoms with Crippen LogP contribution in [0.2, 0.25) is 0 Å². The van der Waals surface area contributed by atoms with Gasteiger partial charge in [-0.2, -0.15) is 0 Å². The van der Waals surface area contributed by atoms with Crippen molar-refractivity contribution in [2.45, 2.75) is 142 Å². The zero-order chi connectivity index (χ0) is 55.5. The molecule has 0 bridgehead atoms. The summed E-state index contributed by atoms with van der Waals surface area (Å²) in [4.78, 5) is 128. The molecule has 8 atom stereocenters. The number of carbonyl (C=O) groups excluding carboxylic acids is 8. The molecule has 27 nitrogen and oxygen atoms in total. The number of amides is 8. The number of hydrogen-bond donors (Lipinski definition) is 16. The number of guanidine groups is 2. The first-order valence-electron chi connectivity index (χ1n) is 24.0. The summed E-state index contributed by atoms with van der Waals surface area (Å²) in [6, 6.07) is -5.18. The van der Waals surface area contributed by atoms with Crippen LogP contribution in [0.5, 0.6) is 5.75 Å². The molecule has 0 fully saturated rings. The largest absolute Gasteiger partial charge is 0.508 e. The number of nitrogens with one attached hydrogen (secondary N) is 8. The standard InChI is InChI=1S/C46H79N15O12/c1-23(2)18-31(55-35(64)21-47)40(68)60-34(22-62)42(70)57-30(11-9-17-53-46(50)51)38(66)58-32(20-27-12-14-28(63)15-13-27)41(69)61-36(25(5)6)43(71)54-26(7)37(65)56-29(10-8-16-52-45(48)49)39(67)59-33(44(72)73)19-24(3)4/h12-15,23-26,29-34,36,62-63H,8-11,16-22,47H2,1-7H3,(H,54,71)(H,55,64)(H,56,65)(H,57,70)(H,58,66)(H,59,67)(H,60,68)(H,61,69)(H,72,73)(H4,48,49,52)(H4,50,51,53)/t26-,29-,30-,31-,32-,33-,34-,36-/m0/s1. The van der Waals surface area contributed by atoms with Crippen molar-refractivity contribution in [2.24, 2.45) is 56.4 Å². The predicted octanol–water partition coefficient (Wildman–Crippen LogP) is -4.28. The smallest absolute Gasteiger partial charge is 0.326 e. The third-order valence-electron chi connectivity index (χ3n) is 10.8. The Morgan fingerprint density at radius 1 is 0.534 bits per heavy atom. The second kappa shape index (κ2) is 32.6. The number of phenolic OH excluding ortho intramolecular Hbond substituents is 1. The fraction of sp³-hybridized carbons (Fsp3) is 0.630. The molecule has 8 amide bonds. The number of nitrogens with zero attached hydrogens (tertiary/aromatic N) is 2. The Morgan fingerprint density at radius 3 is 1.41 bits per heavy atom. The van der Waals surface area contributed by atoms with Crippen molar-refractivity contribution in [2.75, 3.05) is 26.2 Å². The summed E-state index contributed by atoms with van der Waals surface area (Å²) >= 11 is 0. The average Bonchev–Trinajstić information content (AvgIpc) is 3.30. The van der Waals surface area contributed by atoms with E-state index < -0.39 is 121 Å². The van der Waals surface area contributed by atoms with Crippen molar-refractivity contribution < 1.29 is 58.5 Å². The lowest BCUT2D eigenvalue weighted by molar-refractivity contribution is -0.143. The molecule has 0 spiro atoms. The Bertz CT molecular complexity index is 2060. The van der Waals surface area contributed by atoms with Crippen molar-refractivity contribution in [3.05, 3.63) is 29.8 Å². The first kappa shape index (κ1) is 63.7. The van der Waals surface area contributed by atoms with Crippen LogP contribution in [0.25, 0.3) is 0 Å². The monoisotopic (exact) mass is 1030 g/mol. The molecule has 0 radical (unpaired) electrons. The number of benzene rings is 1. The number of aliphatic hydroxyl groups is 1. The lowest BCUT2D eigenvalue weighted by Gasteiger charge is -2.28. The van der Waals surface area contributed by atoms with Crippen LogP contribution in [0.4, 0.5) is 0 Å². The molecule has 0 saturated heterocycles. The molecule has 0 aliphatic heterocycles. The molecule has 27 heteroatoms. The van der Waals surface area contributed by atoms with Gasteiger partial charge < -0.3 is 86.5 Å². The summed E-state index contributed by atoms with van der Waals surface area (Å²) in [6.07, 6.45) is 0.200. The number of aromatic hydroxyl groups is 1. The number of aliphatic imine (C=N–C) groups is 2. The summed E-state index contributed by atoms with van der Waals surface area (Å²) < 4.78 is 0. The summed E-state index contributed by atoms with van der Waals surface area (Å²) in [7, 11) is 0. The van der Waals surface area contributed by atoms with Crippen molar-refractivity contribution in [3.8, 4) is 5.75 Å². The number of carboxylic acids is 1. The van der Waals surface area contributed by atoms with Crippen molar-refractivity contribution in [1.29, 1.82) is 0 Å². The minimum atomic E-state index is -1.62. The summed E-state index contributed by atoms with van der Waals surface area (Å²) in [5, 5.41) is 50.0. The van der Waals surface area contributed by atoms with E-state index in [0.717, 1.165) is 0 Å². The van der Waals surface area contributed by atoms with Gasteiger partial charge in [-0.1, -0.05) is 53.7 Å². The van der Waals surface area contributed by atoms with Gasteiger partial charge in [0, 0.05) is 19.5 Å². The molecule has 21 N–H and O–H groups in total. The maximum Gasteiger partial charge on any atom is 0.326 e. The number of hydrogen-bond acceptors (Lipinski definition) is 14. The quantitative estimate of drug-likeness (QED) is 0.0180. The van der Waals surface area contributed by atoms with Crippen LogP contribution in [0, 0.1) is 17.8 Å². The van der Waals surface area contributed by atoms with E-state index >= 15 is 0 Å². The van der Waals surface area contributed by atoms with Gasteiger partial charge in [0.05, 0.1) is 13.2 Å². The Balaban J connectivity index is 3.49. The molecule has 0 heterocycles. The number of carbonyl (C=O) groups is 9. The highest BCUT2D eigenvalue weighted by molar-refractivity contribution is 5.98. The van der Waals surface area contributed by atoms with Crippen LogP contribution >= 0.6 is 0 Å². The number of rotatable bonds is 33. The van der Waals surface area contributed by atoms with Gasteiger partial charge >= 0.3 is 5.97 Å². The van der Waals surface area contributed by atoms with Crippen molar-refractivity contribution >= 4 is 65.1 Å². The topological polar surface area (TPSA) is 465 Å². The summed E-state index contributed by atoms with van der Waals surface area (Å²) in [6.45, 7) is 10.4. The molecule has 0 saturated carbocycles. The van der Waals surface area contributed by atoms with E-state index in [1.165, 1.54) is 31.2 Å². The van der Waals surface area contributed by atoms with Crippen molar-refractivity contribution in [1.82, 2.24) is 42.5 Å². The SMILES string of the molecule is CC(C)C[C@H](NC(=O)[C@H](CCCN=C(N)N)NC(=O)[C@H](C)NC(=O)[C@@H](NC(=O)[C@H](Cc1ccc(O)cc1)NC(=O)[C@H](CCCN=C(N)N)NC(=O)[C@H](CO)NC(=O)[C@H](CC(C)C)NC(=O)CN)C(C)C)C(=O)O. The number of carboxylic acid groups (broad SMARTS) is 1. The summed E-state index contributed by atoms with van der Waals surface area (Å²) in [5.41, 5.74) is 27.6. The number of aliphatic carboxylic acids is 1. The van der Waals surface area contributed by atoms with Crippen LogP contribution in [0.1, 0.15) is 92.6 Å². The van der Waals surface area contributed by atoms with Crippen LogP contribution in [-0.4, -0.2) is 155 Å². The zero-order valence-electron chi connectivity index (χ0n) is 42.7. The molecular weight excluding hydrogens is 955 g/mol. The Kier molecular flexibility index (Phi) is 28.5. The molecular formula is C46H79N15O12. The lowest BCUT2D eigenvalue weighted by Crippen LogP contribution is -2.61. The van der Waals surface area contributed by atoms with Crippen LogP contribution in [-0.2, 0) is 49.6 Å². The molecule has 1 aromatic rings. The Morgan fingerprint density at radius 2 is 0.959 bits per heavy atom. The lowest BCUT2D eigenvalue weighted by atomic mass is 10.00. The molecule has 1 aromatic carbocycles. The molecule has 0 aliphatic carbocycles. The molecule has 410 valence electrons. The minimum absolute atomic E-state index is 0.00961. The second-order valence-corrected chi connectivity index (χ2v) is 18.6. The van der Waals surface area contributed by atoms with Crippen LogP contribution < -0.4 is 71.2 Å². The number of aliphatic hydroxyl groups excluding tert-OH is 1. The van der Waals surface area contributed by atoms with E-state index in [0.29, 0.717) is 5.56 Å². The molecule has 0 unspecified atom stereocenters. The van der Waals surface area contributed by atoms with E-state index in [9.17, 15) is 58.5 Å². The van der Waals surface area contributed by atoms with Gasteiger partial charge in [0.25, 0.3) is 0 Å². The van der Waals surface area contributed by atoms with Gasteiger partial charge in [-0.05, 0) is 80.9 Å². The highest BCUT2D eigenvalue weighted by atomic mass is 16.4. The molecule has 1 rings (SSSR count). The zero-order valence-corrected chi connectivity index (χ0v) is 42.7. The fourth-order valence-electron chi connectivity index (χ4n) is 7.01. The second-order valence-electron chi connectivity index (χ2n) is 18.6. The highest BCUT2D eigenvalue weighted by Crippen LogP contribution is 2.14. The maximum atomic E-state index is 14.3. The van der Waals surface area contributed by atoms with Gasteiger partial charge in [-0.15, -0.1) is 0 Å². The Labute approximate surface area is 425 Å². The minimum Gasteiger partial charge on any atom is -0.508 e. The normalized spacial score (nSPS) is 14.4. The van der Waals surface area contributed by atoms with Crippen LogP contribution in [0.15, 0.2) is 34.3 Å². The van der Waals surface area contributed by atoms with Gasteiger partial charge in [0.15, 0.2) is 11.9 Å². The van der Waals surface area contributed by atoms with Gasteiger partial charge in [0.2, 0.25) is 47.3 Å². The van der Waals surface area contributed by atoms with Crippen LogP contribution in [0.3, 0.4) is 0 Å². The molecule has 0 aliphatic rings. The van der Waals surface area contributed by atoms with Gasteiger partial charge in [0.1, 0.15) is 54.1 Å². The third kappa shape index (κ3) is 25.1. The average molecular weight is 1030 g/mol. The van der Waals surface area contributed by atoms with E-state index in [1.54, 1.807) is 41.5 Å². The van der Waals surface area contributed by atoms with E-state index in [2.05, 4.69) is 52.5 Å². The molecule has 0 aromatic heterocycles. The van der Waals surface area contributed by atoms with E-state index in [1.807, 2.05) is 0 Å². The first-order valence-corrected chi connectivity index (χ1v) is 24.0. The van der Waals surface area contributed by atoms with E-state index in [4.69, 9.17) is 28.7 Å². The highest BCUT2D eigenvalue weighted by Gasteiger charge is 2.35. The first-order chi connectivity index (χ1) is 34.2. The number of phenols is 1. The molecule has 73 heavy (non-hydrogen) atoms. The third-order valence-corrected chi connectivity index (χ3v) is 10.8. The Hall–Kier alpha value is -7.29. The summed E-state index contributed by atoms with van der Waals surface area (Å²) in [5.74, 6) is -9.35. The number of nitrogens with two attached hydrogens (primary N) is 5. The predicted molar refractivity (Wildman–Crippen MR) is 270 cm³/mol. The fourth-order valence-corrected chi connectivity index (χ4v) is 7.01. The van der Waals surface area contributed by atoms with E-state index in [-0.39, 0.29) is 87.5 Å². The maximum absolute atomic E-state index is 14.3.